The van der Waals surface area contributed by atoms with Crippen LogP contribution in [0.4, 0.5) is 5.69 Å². The first-order valence-corrected chi connectivity index (χ1v) is 15.7. The Kier molecular flexibility index (Phi) is 8.95. The van der Waals surface area contributed by atoms with Gasteiger partial charge in [-0.05, 0) is 74.3 Å². The normalized spacial score (nSPS) is 15.7. The number of hydrogen-bond acceptors (Lipinski definition) is 6. The lowest BCUT2D eigenvalue weighted by Crippen LogP contribution is -2.52. The van der Waals surface area contributed by atoms with Crippen LogP contribution in [0, 0.1) is 6.92 Å². The second kappa shape index (κ2) is 13.2. The van der Waals surface area contributed by atoms with Gasteiger partial charge in [0.15, 0.2) is 0 Å². The highest BCUT2D eigenvalue weighted by molar-refractivity contribution is 6.30. The van der Waals surface area contributed by atoms with Crippen molar-refractivity contribution < 1.29 is 4.79 Å². The Morgan fingerprint density at radius 1 is 1.02 bits per heavy atom. The zero-order chi connectivity index (χ0) is 30.6. The Hall–Kier alpha value is -4.21. The number of rotatable bonds is 10. The lowest BCUT2D eigenvalue weighted by molar-refractivity contribution is -0.121. The van der Waals surface area contributed by atoms with Crippen molar-refractivity contribution >= 4 is 39.9 Å². The van der Waals surface area contributed by atoms with Gasteiger partial charge in [0.1, 0.15) is 5.82 Å². The first-order chi connectivity index (χ1) is 21.4. The van der Waals surface area contributed by atoms with E-state index in [1.165, 1.54) is 11.3 Å². The summed E-state index contributed by atoms with van der Waals surface area (Å²) in [7, 11) is 0. The minimum absolute atomic E-state index is 0.0156. The third kappa shape index (κ3) is 6.49. The Balaban J connectivity index is 1.05. The summed E-state index contributed by atoms with van der Waals surface area (Å²) >= 11 is 6.06. The van der Waals surface area contributed by atoms with E-state index in [0.29, 0.717) is 47.6 Å². The summed E-state index contributed by atoms with van der Waals surface area (Å²) in [6, 6.07) is 24.0. The number of hydrogen-bond donors (Lipinski definition) is 1. The summed E-state index contributed by atoms with van der Waals surface area (Å²) in [5.74, 6) is 1.09. The van der Waals surface area contributed by atoms with E-state index in [1.54, 1.807) is 16.7 Å². The molecule has 1 N–H and O–H groups in total. The fraction of sp³-hybridized carbons (Fsp3) is 0.353. The van der Waals surface area contributed by atoms with Gasteiger partial charge in [0, 0.05) is 55.8 Å². The molecule has 1 fully saturated rings. The van der Waals surface area contributed by atoms with Gasteiger partial charge in [-0.15, -0.1) is 10.2 Å². The number of amides is 1. The van der Waals surface area contributed by atoms with Crippen LogP contribution in [0.2, 0.25) is 5.02 Å². The number of fused-ring (bicyclic) bond motifs is 3. The third-order valence-electron chi connectivity index (χ3n) is 8.42. The highest BCUT2D eigenvalue weighted by atomic mass is 35.5. The van der Waals surface area contributed by atoms with E-state index in [0.717, 1.165) is 43.7 Å². The van der Waals surface area contributed by atoms with Crippen molar-refractivity contribution in [1.29, 1.82) is 0 Å². The maximum absolute atomic E-state index is 13.4. The summed E-state index contributed by atoms with van der Waals surface area (Å²) in [6.07, 6.45) is 1.60. The number of nitrogens with one attached hydrogen (secondary N) is 1. The van der Waals surface area contributed by atoms with Crippen LogP contribution in [0.15, 0.2) is 77.6 Å². The molecule has 0 radical (unpaired) electrons. The van der Waals surface area contributed by atoms with Crippen molar-refractivity contribution in [2.24, 2.45) is 0 Å². The molecule has 5 aromatic rings. The molecule has 1 saturated heterocycles. The molecular formula is C34H38ClN7O2. The molecule has 3 heterocycles. The highest BCUT2D eigenvalue weighted by Crippen LogP contribution is 2.22. The molecular weight excluding hydrogens is 574 g/mol. The minimum atomic E-state index is -0.134. The van der Waals surface area contributed by atoms with Crippen LogP contribution in [0.1, 0.15) is 36.7 Å². The number of halogens is 1. The number of aromatic nitrogens is 4. The number of carbonyl (C=O) groups is 1. The minimum Gasteiger partial charge on any atom is -0.366 e. The molecule has 1 aliphatic rings. The molecule has 1 atom stereocenters. The van der Waals surface area contributed by atoms with Gasteiger partial charge < -0.3 is 10.2 Å². The Bertz CT molecular complexity index is 1830. The van der Waals surface area contributed by atoms with Crippen LogP contribution in [0.3, 0.4) is 0 Å². The highest BCUT2D eigenvalue weighted by Gasteiger charge is 2.23. The molecule has 0 bridgehead atoms. The standard InChI is InChI=1S/C34H38ClN7O2/c1-24-7-5-8-28(21-24)40-20-19-39(22-25(40)2)18-6-17-36-32(43)16-15-31-37-38-34-41(23-26-11-13-27(35)14-12-26)33(44)29-9-3-4-10-30(29)42(31)34/h3-5,7-14,21,25H,6,15-20,22-23H2,1-2H3,(H,36,43)/t25-/m1/s1. The Labute approximate surface area is 262 Å². The zero-order valence-electron chi connectivity index (χ0n) is 25.2. The smallest absolute Gasteiger partial charge is 0.263 e. The number of carbonyl (C=O) groups excluding carboxylic acids is 1. The third-order valence-corrected chi connectivity index (χ3v) is 8.67. The Morgan fingerprint density at radius 3 is 2.64 bits per heavy atom. The molecule has 10 heteroatoms. The van der Waals surface area contributed by atoms with Gasteiger partial charge >= 0.3 is 0 Å². The van der Waals surface area contributed by atoms with Crippen LogP contribution < -0.4 is 15.8 Å². The predicted molar refractivity (Wildman–Crippen MR) is 176 cm³/mol. The summed E-state index contributed by atoms with van der Waals surface area (Å²) < 4.78 is 3.53. The average molecular weight is 612 g/mol. The van der Waals surface area contributed by atoms with Gasteiger partial charge in [0.2, 0.25) is 11.7 Å². The summed E-state index contributed by atoms with van der Waals surface area (Å²) in [5, 5.41) is 13.1. The summed E-state index contributed by atoms with van der Waals surface area (Å²) in [4.78, 5) is 31.2. The van der Waals surface area contributed by atoms with E-state index in [2.05, 4.69) is 63.4 Å². The topological polar surface area (TPSA) is 87.8 Å². The molecule has 3 aromatic carbocycles. The maximum Gasteiger partial charge on any atom is 0.263 e. The molecule has 0 spiro atoms. The number of para-hydroxylation sites is 1. The van der Waals surface area contributed by atoms with Gasteiger partial charge in [0.05, 0.1) is 17.4 Å². The quantitative estimate of drug-likeness (QED) is 0.230. The summed E-state index contributed by atoms with van der Waals surface area (Å²) in [5.41, 5.74) is 4.11. The van der Waals surface area contributed by atoms with Crippen LogP contribution in [0.5, 0.6) is 0 Å². The molecule has 1 aliphatic heterocycles. The van der Waals surface area contributed by atoms with E-state index < -0.39 is 0 Å². The largest absolute Gasteiger partial charge is 0.366 e. The summed E-state index contributed by atoms with van der Waals surface area (Å²) in [6.45, 7) is 9.38. The van der Waals surface area contributed by atoms with Gasteiger partial charge in [-0.3, -0.25) is 23.5 Å². The SMILES string of the molecule is Cc1cccc(N2CCN(CCCNC(=O)CCc3nnc4n(Cc5ccc(Cl)cc5)c(=O)c5ccccc5n34)C[C@H]2C)c1. The van der Waals surface area contributed by atoms with Gasteiger partial charge in [-0.2, -0.15) is 0 Å². The average Bonchev–Trinajstić information content (AvgIpc) is 3.45. The second-order valence-electron chi connectivity index (χ2n) is 11.7. The molecule has 1 amide bonds. The van der Waals surface area contributed by atoms with Crippen molar-refractivity contribution in [1.82, 2.24) is 29.4 Å². The van der Waals surface area contributed by atoms with E-state index in [-0.39, 0.29) is 17.9 Å². The first kappa shape index (κ1) is 29.8. The van der Waals surface area contributed by atoms with Crippen LogP contribution in [-0.2, 0) is 17.8 Å². The van der Waals surface area contributed by atoms with Gasteiger partial charge in [-0.1, -0.05) is 48.0 Å². The van der Waals surface area contributed by atoms with Crippen LogP contribution in [-0.4, -0.2) is 68.7 Å². The molecule has 9 nitrogen and oxygen atoms in total. The Morgan fingerprint density at radius 2 is 1.84 bits per heavy atom. The van der Waals surface area contributed by atoms with Crippen LogP contribution >= 0.6 is 11.6 Å². The zero-order valence-corrected chi connectivity index (χ0v) is 26.0. The van der Waals surface area contributed by atoms with Gasteiger partial charge in [0.25, 0.3) is 5.56 Å². The van der Waals surface area contributed by atoms with Crippen molar-refractivity contribution in [2.75, 3.05) is 37.6 Å². The van der Waals surface area contributed by atoms with Crippen molar-refractivity contribution in [3.63, 3.8) is 0 Å². The van der Waals surface area contributed by atoms with Crippen molar-refractivity contribution in [3.05, 3.63) is 105 Å². The van der Waals surface area contributed by atoms with Gasteiger partial charge in [-0.25, -0.2) is 0 Å². The molecule has 6 rings (SSSR count). The molecule has 0 unspecified atom stereocenters. The molecule has 0 saturated carbocycles. The fourth-order valence-electron chi connectivity index (χ4n) is 6.16. The number of nitrogens with zero attached hydrogens (tertiary/aromatic N) is 6. The number of aryl methyl sites for hydroxylation is 2. The first-order valence-electron chi connectivity index (χ1n) is 15.3. The van der Waals surface area contributed by atoms with E-state index in [9.17, 15) is 9.59 Å². The second-order valence-corrected chi connectivity index (χ2v) is 12.1. The molecule has 2 aromatic heterocycles. The van der Waals surface area contributed by atoms with E-state index in [4.69, 9.17) is 11.6 Å². The number of piperazine rings is 1. The van der Waals surface area contributed by atoms with Crippen molar-refractivity contribution in [3.8, 4) is 0 Å². The van der Waals surface area contributed by atoms with Crippen molar-refractivity contribution in [2.45, 2.75) is 45.7 Å². The molecule has 44 heavy (non-hydrogen) atoms. The lowest BCUT2D eigenvalue weighted by atomic mass is 10.1. The van der Waals surface area contributed by atoms with E-state index >= 15 is 0 Å². The molecule has 228 valence electrons. The van der Waals surface area contributed by atoms with Crippen LogP contribution in [0.25, 0.3) is 16.7 Å². The number of benzene rings is 3. The van der Waals surface area contributed by atoms with E-state index in [1.807, 2.05) is 40.8 Å². The predicted octanol–water partition coefficient (Wildman–Crippen LogP) is 4.70. The fourth-order valence-corrected chi connectivity index (χ4v) is 6.29. The maximum atomic E-state index is 13.4. The monoisotopic (exact) mass is 611 g/mol. The lowest BCUT2D eigenvalue weighted by Gasteiger charge is -2.41. The molecule has 0 aliphatic carbocycles. The number of anilines is 1.